The summed E-state index contributed by atoms with van der Waals surface area (Å²) in [6, 6.07) is 9.23. The summed E-state index contributed by atoms with van der Waals surface area (Å²) < 4.78 is 5.83. The van der Waals surface area contributed by atoms with E-state index in [0.717, 1.165) is 19.1 Å². The van der Waals surface area contributed by atoms with Crippen molar-refractivity contribution in [3.05, 3.63) is 35.4 Å². The molecule has 0 saturated heterocycles. The van der Waals surface area contributed by atoms with Crippen LogP contribution in [0.25, 0.3) is 0 Å². The van der Waals surface area contributed by atoms with Crippen molar-refractivity contribution < 1.29 is 4.74 Å². The molecule has 1 aromatic carbocycles. The van der Waals surface area contributed by atoms with E-state index in [1.54, 1.807) is 0 Å². The molecule has 112 valence electrons. The fourth-order valence-corrected chi connectivity index (χ4v) is 2.42. The summed E-state index contributed by atoms with van der Waals surface area (Å²) in [5.74, 6) is 0.953. The summed E-state index contributed by atoms with van der Waals surface area (Å²) in [7, 11) is 2.01. The third-order valence-electron chi connectivity index (χ3n) is 4.18. The lowest BCUT2D eigenvalue weighted by molar-refractivity contribution is 0.108. The van der Waals surface area contributed by atoms with Crippen molar-refractivity contribution in [2.75, 3.05) is 20.3 Å². The Hall–Kier alpha value is -0.860. The second-order valence-electron chi connectivity index (χ2n) is 7.02. The van der Waals surface area contributed by atoms with Gasteiger partial charge in [0.2, 0.25) is 0 Å². The van der Waals surface area contributed by atoms with Crippen LogP contribution in [0.1, 0.15) is 57.2 Å². The van der Waals surface area contributed by atoms with Gasteiger partial charge >= 0.3 is 0 Å². The first kappa shape index (κ1) is 15.5. The van der Waals surface area contributed by atoms with E-state index in [4.69, 9.17) is 4.74 Å². The average molecular weight is 275 g/mol. The maximum atomic E-state index is 5.83. The van der Waals surface area contributed by atoms with Crippen LogP contribution < -0.4 is 5.32 Å². The summed E-state index contributed by atoms with van der Waals surface area (Å²) in [4.78, 5) is 0. The van der Waals surface area contributed by atoms with Crippen molar-refractivity contribution in [3.63, 3.8) is 0 Å². The van der Waals surface area contributed by atoms with Crippen LogP contribution in [0.2, 0.25) is 0 Å². The van der Waals surface area contributed by atoms with E-state index in [0.29, 0.717) is 6.04 Å². The largest absolute Gasteiger partial charge is 0.379 e. The maximum absolute atomic E-state index is 5.83. The molecule has 20 heavy (non-hydrogen) atoms. The minimum atomic E-state index is 0.217. The predicted molar refractivity (Wildman–Crippen MR) is 85.1 cm³/mol. The molecule has 0 heterocycles. The molecular formula is C18H29NO. The van der Waals surface area contributed by atoms with Crippen molar-refractivity contribution >= 4 is 0 Å². The lowest BCUT2D eigenvalue weighted by Crippen LogP contribution is -2.22. The van der Waals surface area contributed by atoms with Gasteiger partial charge in [0, 0.05) is 6.61 Å². The van der Waals surface area contributed by atoms with E-state index in [9.17, 15) is 0 Å². The number of likely N-dealkylation sites (N-methyl/N-ethyl adjacent to an activating group) is 1. The topological polar surface area (TPSA) is 21.3 Å². The molecule has 2 nitrogen and oxygen atoms in total. The Kier molecular flexibility index (Phi) is 5.22. The van der Waals surface area contributed by atoms with Gasteiger partial charge in [0.25, 0.3) is 0 Å². The summed E-state index contributed by atoms with van der Waals surface area (Å²) in [6.07, 6.45) is 4.06. The number of benzene rings is 1. The highest BCUT2D eigenvalue weighted by atomic mass is 16.5. The first-order valence-corrected chi connectivity index (χ1v) is 7.86. The van der Waals surface area contributed by atoms with Crippen LogP contribution >= 0.6 is 0 Å². The van der Waals surface area contributed by atoms with E-state index in [2.05, 4.69) is 50.4 Å². The molecule has 1 saturated carbocycles. The van der Waals surface area contributed by atoms with Gasteiger partial charge in [-0.3, -0.25) is 0 Å². The Balaban J connectivity index is 1.85. The van der Waals surface area contributed by atoms with E-state index in [-0.39, 0.29) is 5.41 Å². The van der Waals surface area contributed by atoms with Crippen LogP contribution in [-0.4, -0.2) is 20.3 Å². The molecule has 0 radical (unpaired) electrons. The first-order valence-electron chi connectivity index (χ1n) is 7.86. The van der Waals surface area contributed by atoms with Gasteiger partial charge in [-0.2, -0.15) is 0 Å². The number of hydrogen-bond donors (Lipinski definition) is 1. The van der Waals surface area contributed by atoms with E-state index >= 15 is 0 Å². The maximum Gasteiger partial charge on any atom is 0.0661 e. The van der Waals surface area contributed by atoms with Gasteiger partial charge in [0.1, 0.15) is 0 Å². The molecule has 0 amide bonds. The molecule has 2 rings (SSSR count). The SMILES string of the molecule is CNC(COCCC1CC1)c1ccc(C(C)(C)C)cc1. The van der Waals surface area contributed by atoms with Crippen molar-refractivity contribution in [1.29, 1.82) is 0 Å². The zero-order valence-electron chi connectivity index (χ0n) is 13.4. The highest BCUT2D eigenvalue weighted by Gasteiger charge is 2.21. The van der Waals surface area contributed by atoms with Gasteiger partial charge in [-0.15, -0.1) is 0 Å². The Morgan fingerprint density at radius 2 is 1.85 bits per heavy atom. The Labute approximate surface area is 123 Å². The summed E-state index contributed by atoms with van der Waals surface area (Å²) in [5, 5.41) is 3.36. The number of nitrogens with one attached hydrogen (secondary N) is 1. The van der Waals surface area contributed by atoms with E-state index in [1.165, 1.54) is 30.4 Å². The standard InChI is InChI=1S/C18H29NO/c1-18(2,3)16-9-7-15(8-10-16)17(19-4)13-20-12-11-14-5-6-14/h7-10,14,17,19H,5-6,11-13H2,1-4H3. The van der Waals surface area contributed by atoms with Crippen LogP contribution in [0.5, 0.6) is 0 Å². The number of rotatable bonds is 7. The average Bonchev–Trinajstić information content (AvgIpc) is 3.22. The van der Waals surface area contributed by atoms with E-state index < -0.39 is 0 Å². The van der Waals surface area contributed by atoms with Crippen LogP contribution in [0.4, 0.5) is 0 Å². The molecule has 1 aliphatic rings. The number of hydrogen-bond acceptors (Lipinski definition) is 2. The van der Waals surface area contributed by atoms with Crippen LogP contribution in [0.15, 0.2) is 24.3 Å². The molecule has 0 spiro atoms. The molecule has 1 unspecified atom stereocenters. The van der Waals surface area contributed by atoms with Crippen LogP contribution in [0, 0.1) is 5.92 Å². The highest BCUT2D eigenvalue weighted by Crippen LogP contribution is 2.32. The summed E-state index contributed by atoms with van der Waals surface area (Å²) in [5.41, 5.74) is 2.91. The van der Waals surface area contributed by atoms with Crippen molar-refractivity contribution in [1.82, 2.24) is 5.32 Å². The summed E-state index contributed by atoms with van der Waals surface area (Å²) >= 11 is 0. The fourth-order valence-electron chi connectivity index (χ4n) is 2.42. The van der Waals surface area contributed by atoms with Gasteiger partial charge < -0.3 is 10.1 Å². The Morgan fingerprint density at radius 1 is 1.20 bits per heavy atom. The van der Waals surface area contributed by atoms with Gasteiger partial charge in [-0.05, 0) is 35.9 Å². The zero-order valence-corrected chi connectivity index (χ0v) is 13.4. The molecule has 0 aliphatic heterocycles. The molecule has 1 aliphatic carbocycles. The monoisotopic (exact) mass is 275 g/mol. The molecule has 1 atom stereocenters. The van der Waals surface area contributed by atoms with Crippen molar-refractivity contribution in [2.24, 2.45) is 5.92 Å². The van der Waals surface area contributed by atoms with Gasteiger partial charge in [-0.1, -0.05) is 57.9 Å². The minimum absolute atomic E-state index is 0.217. The lowest BCUT2D eigenvalue weighted by atomic mass is 9.86. The smallest absolute Gasteiger partial charge is 0.0661 e. The van der Waals surface area contributed by atoms with Crippen molar-refractivity contribution in [2.45, 2.75) is 51.5 Å². The van der Waals surface area contributed by atoms with Gasteiger partial charge in [0.05, 0.1) is 12.6 Å². The normalized spacial score (nSPS) is 17.2. The Morgan fingerprint density at radius 3 is 2.35 bits per heavy atom. The quantitative estimate of drug-likeness (QED) is 0.758. The summed E-state index contributed by atoms with van der Waals surface area (Å²) in [6.45, 7) is 8.41. The second-order valence-corrected chi connectivity index (χ2v) is 7.02. The molecule has 0 aromatic heterocycles. The van der Waals surface area contributed by atoms with Gasteiger partial charge in [-0.25, -0.2) is 0 Å². The third kappa shape index (κ3) is 4.60. The third-order valence-corrected chi connectivity index (χ3v) is 4.18. The molecule has 1 N–H and O–H groups in total. The first-order chi connectivity index (χ1) is 9.50. The van der Waals surface area contributed by atoms with E-state index in [1.807, 2.05) is 7.05 Å². The molecule has 2 heteroatoms. The zero-order chi connectivity index (χ0) is 14.6. The van der Waals surface area contributed by atoms with Crippen molar-refractivity contribution in [3.8, 4) is 0 Å². The highest BCUT2D eigenvalue weighted by molar-refractivity contribution is 5.29. The second kappa shape index (κ2) is 6.73. The van der Waals surface area contributed by atoms with Gasteiger partial charge in [0.15, 0.2) is 0 Å². The molecular weight excluding hydrogens is 246 g/mol. The Bertz CT molecular complexity index is 400. The molecule has 0 bridgehead atoms. The predicted octanol–water partition coefficient (Wildman–Crippen LogP) is 4.06. The van der Waals surface area contributed by atoms with Crippen LogP contribution in [-0.2, 0) is 10.2 Å². The molecule has 1 aromatic rings. The molecule has 1 fully saturated rings. The lowest BCUT2D eigenvalue weighted by Gasteiger charge is -2.21. The van der Waals surface area contributed by atoms with Crippen LogP contribution in [0.3, 0.4) is 0 Å². The number of ether oxygens (including phenoxy) is 1. The fraction of sp³-hybridized carbons (Fsp3) is 0.667. The minimum Gasteiger partial charge on any atom is -0.379 e.